The summed E-state index contributed by atoms with van der Waals surface area (Å²) < 4.78 is 12.8. The predicted molar refractivity (Wildman–Crippen MR) is 112 cm³/mol. The van der Waals surface area contributed by atoms with E-state index in [0.29, 0.717) is 12.3 Å². The smallest absolute Gasteiger partial charge is 0.407 e. The second-order valence-corrected chi connectivity index (χ2v) is 8.00. The first kappa shape index (κ1) is 20.4. The van der Waals surface area contributed by atoms with Crippen molar-refractivity contribution >= 4 is 12.1 Å². The van der Waals surface area contributed by atoms with Crippen molar-refractivity contribution in [3.63, 3.8) is 0 Å². The van der Waals surface area contributed by atoms with Crippen LogP contribution in [0.5, 0.6) is 0 Å². The van der Waals surface area contributed by atoms with Crippen LogP contribution >= 0.6 is 0 Å². The van der Waals surface area contributed by atoms with Crippen molar-refractivity contribution in [2.24, 2.45) is 0 Å². The number of ether oxygens (including phenoxy) is 2. The Hall–Kier alpha value is -2.83. The van der Waals surface area contributed by atoms with Crippen molar-refractivity contribution in [3.8, 4) is 11.3 Å². The van der Waals surface area contributed by atoms with Gasteiger partial charge in [0, 0.05) is 5.56 Å². The molecule has 2 aliphatic carbocycles. The first-order valence-corrected chi connectivity index (χ1v) is 10.9. The van der Waals surface area contributed by atoms with Crippen molar-refractivity contribution in [3.05, 3.63) is 42.4 Å². The third-order valence-corrected chi connectivity index (χ3v) is 6.03. The normalized spacial score (nSPS) is 21.5. The first-order valence-electron chi connectivity index (χ1n) is 10.9. The molecule has 2 aromatic rings. The fourth-order valence-electron chi connectivity index (χ4n) is 4.28. The van der Waals surface area contributed by atoms with Gasteiger partial charge in [-0.2, -0.15) is 0 Å². The van der Waals surface area contributed by atoms with Crippen LogP contribution in [0.4, 0.5) is 4.79 Å². The lowest BCUT2D eigenvalue weighted by molar-refractivity contribution is 0.0472. The molecular weight excluding hydrogens is 382 g/mol. The Balaban J connectivity index is 1.63. The van der Waals surface area contributed by atoms with E-state index in [1.807, 2.05) is 34.9 Å². The van der Waals surface area contributed by atoms with E-state index in [2.05, 4.69) is 10.3 Å². The minimum Gasteiger partial charge on any atom is -0.461 e. The minimum atomic E-state index is -0.431. The molecule has 1 amide bonds. The molecular formula is C23H29N3O4. The number of esters is 1. The number of aromatic nitrogens is 2. The van der Waals surface area contributed by atoms with Crippen LogP contribution in [0.25, 0.3) is 11.3 Å². The minimum absolute atomic E-state index is 0.00132. The summed E-state index contributed by atoms with van der Waals surface area (Å²) in [6.07, 6.45) is 8.30. The lowest BCUT2D eigenvalue weighted by atomic mass is 9.89. The first-order chi connectivity index (χ1) is 14.7. The van der Waals surface area contributed by atoms with Gasteiger partial charge in [0.05, 0.1) is 30.7 Å². The molecule has 7 heteroatoms. The number of rotatable bonds is 6. The molecule has 2 saturated carbocycles. The molecule has 0 spiro atoms. The number of amides is 1. The summed E-state index contributed by atoms with van der Waals surface area (Å²) in [7, 11) is 0. The Kier molecular flexibility index (Phi) is 6.35. The lowest BCUT2D eigenvalue weighted by Gasteiger charge is -2.35. The Labute approximate surface area is 176 Å². The summed E-state index contributed by atoms with van der Waals surface area (Å²) >= 11 is 0. The van der Waals surface area contributed by atoms with Crippen molar-refractivity contribution in [2.45, 2.75) is 70.1 Å². The summed E-state index contributed by atoms with van der Waals surface area (Å²) in [4.78, 5) is 29.4. The highest BCUT2D eigenvalue weighted by molar-refractivity contribution is 5.94. The molecule has 160 valence electrons. The molecule has 2 fully saturated rings. The quantitative estimate of drug-likeness (QED) is 0.708. The van der Waals surface area contributed by atoms with Crippen molar-refractivity contribution < 1.29 is 19.1 Å². The average molecular weight is 412 g/mol. The molecule has 0 bridgehead atoms. The van der Waals surface area contributed by atoms with Crippen LogP contribution in [-0.4, -0.2) is 40.4 Å². The molecule has 2 atom stereocenters. The number of nitrogens with one attached hydrogen (secondary N) is 1. The molecule has 0 unspecified atom stereocenters. The SMILES string of the molecule is CCOC(=O)c1ncn([C@H]2CCCC[C@@H]2NC(=O)OC2CCC2)c1-c1ccccc1. The van der Waals surface area contributed by atoms with Crippen LogP contribution in [-0.2, 0) is 9.47 Å². The summed E-state index contributed by atoms with van der Waals surface area (Å²) in [5, 5.41) is 3.08. The van der Waals surface area contributed by atoms with E-state index in [9.17, 15) is 9.59 Å². The standard InChI is InChI=1S/C23H29N3O4/c1-2-29-22(27)20-21(16-9-4-3-5-10-16)26(15-24-20)19-14-7-6-13-18(19)25-23(28)30-17-11-8-12-17/h3-5,9-10,15,17-19H,2,6-8,11-14H2,1H3,(H,25,28)/t18-,19-/m0/s1. The van der Waals surface area contributed by atoms with Crippen LogP contribution < -0.4 is 5.32 Å². The monoisotopic (exact) mass is 411 g/mol. The van der Waals surface area contributed by atoms with E-state index in [0.717, 1.165) is 56.2 Å². The van der Waals surface area contributed by atoms with Gasteiger partial charge in [0.1, 0.15) is 6.10 Å². The van der Waals surface area contributed by atoms with Gasteiger partial charge >= 0.3 is 12.1 Å². The summed E-state index contributed by atoms with van der Waals surface area (Å²) in [5.74, 6) is -0.431. The topological polar surface area (TPSA) is 82.5 Å². The molecule has 0 saturated heterocycles. The Bertz CT molecular complexity index is 876. The molecule has 0 radical (unpaired) electrons. The fraction of sp³-hybridized carbons (Fsp3) is 0.522. The van der Waals surface area contributed by atoms with E-state index >= 15 is 0 Å². The van der Waals surface area contributed by atoms with E-state index in [-0.39, 0.29) is 24.3 Å². The molecule has 0 aliphatic heterocycles. The van der Waals surface area contributed by atoms with Gasteiger partial charge in [-0.3, -0.25) is 0 Å². The van der Waals surface area contributed by atoms with E-state index in [4.69, 9.17) is 9.47 Å². The zero-order valence-electron chi connectivity index (χ0n) is 17.4. The van der Waals surface area contributed by atoms with Crippen LogP contribution in [0, 0.1) is 0 Å². The van der Waals surface area contributed by atoms with E-state index in [1.165, 1.54) is 0 Å². The number of benzene rings is 1. The van der Waals surface area contributed by atoms with Crippen molar-refractivity contribution in [1.29, 1.82) is 0 Å². The van der Waals surface area contributed by atoms with Crippen LogP contribution in [0.3, 0.4) is 0 Å². The molecule has 7 nitrogen and oxygen atoms in total. The van der Waals surface area contributed by atoms with Crippen molar-refractivity contribution in [1.82, 2.24) is 14.9 Å². The molecule has 2 aliphatic rings. The van der Waals surface area contributed by atoms with Gasteiger partial charge in [0.25, 0.3) is 0 Å². The predicted octanol–water partition coefficient (Wildman–Crippen LogP) is 4.49. The highest BCUT2D eigenvalue weighted by atomic mass is 16.6. The van der Waals surface area contributed by atoms with Crippen LogP contribution in [0.15, 0.2) is 36.7 Å². The maximum absolute atomic E-state index is 12.6. The number of carbonyl (C=O) groups excluding carboxylic acids is 2. The second kappa shape index (κ2) is 9.32. The largest absolute Gasteiger partial charge is 0.461 e. The van der Waals surface area contributed by atoms with E-state index < -0.39 is 5.97 Å². The van der Waals surface area contributed by atoms with Gasteiger partial charge in [0.2, 0.25) is 0 Å². The number of nitrogens with zero attached hydrogens (tertiary/aromatic N) is 2. The van der Waals surface area contributed by atoms with Gasteiger partial charge in [-0.05, 0) is 39.0 Å². The number of imidazole rings is 1. The summed E-state index contributed by atoms with van der Waals surface area (Å²) in [6, 6.07) is 9.67. The lowest BCUT2D eigenvalue weighted by Crippen LogP contribution is -2.44. The molecule has 1 N–H and O–H groups in total. The van der Waals surface area contributed by atoms with Crippen LogP contribution in [0.2, 0.25) is 0 Å². The molecule has 1 aromatic carbocycles. The van der Waals surface area contributed by atoms with Gasteiger partial charge in [-0.15, -0.1) is 0 Å². The molecule has 4 rings (SSSR count). The highest BCUT2D eigenvalue weighted by Gasteiger charge is 2.33. The molecule has 1 aromatic heterocycles. The number of hydrogen-bond donors (Lipinski definition) is 1. The zero-order chi connectivity index (χ0) is 20.9. The van der Waals surface area contributed by atoms with Gasteiger partial charge in [-0.1, -0.05) is 43.2 Å². The molecule has 30 heavy (non-hydrogen) atoms. The van der Waals surface area contributed by atoms with Gasteiger partial charge in [-0.25, -0.2) is 14.6 Å². The summed E-state index contributed by atoms with van der Waals surface area (Å²) in [6.45, 7) is 2.08. The van der Waals surface area contributed by atoms with Gasteiger partial charge < -0.3 is 19.4 Å². The number of carbonyl (C=O) groups is 2. The Morgan fingerprint density at radius 2 is 1.87 bits per heavy atom. The highest BCUT2D eigenvalue weighted by Crippen LogP contribution is 2.35. The molecule has 1 heterocycles. The van der Waals surface area contributed by atoms with E-state index in [1.54, 1.807) is 13.3 Å². The maximum atomic E-state index is 12.6. The number of alkyl carbamates (subject to hydrolysis) is 1. The Morgan fingerprint density at radius 1 is 1.10 bits per heavy atom. The third-order valence-electron chi connectivity index (χ3n) is 6.03. The van der Waals surface area contributed by atoms with Gasteiger partial charge in [0.15, 0.2) is 5.69 Å². The maximum Gasteiger partial charge on any atom is 0.407 e. The van der Waals surface area contributed by atoms with Crippen molar-refractivity contribution in [2.75, 3.05) is 6.61 Å². The zero-order valence-corrected chi connectivity index (χ0v) is 17.4. The summed E-state index contributed by atoms with van der Waals surface area (Å²) in [5.41, 5.74) is 1.95. The van der Waals surface area contributed by atoms with Crippen LogP contribution in [0.1, 0.15) is 68.4 Å². The Morgan fingerprint density at radius 3 is 2.57 bits per heavy atom. The second-order valence-electron chi connectivity index (χ2n) is 8.00. The average Bonchev–Trinajstić information content (AvgIpc) is 3.17. The third kappa shape index (κ3) is 4.35. The number of hydrogen-bond acceptors (Lipinski definition) is 5. The fourth-order valence-corrected chi connectivity index (χ4v) is 4.28.